The smallest absolute Gasteiger partial charge is 0.337 e. The van der Waals surface area contributed by atoms with E-state index in [0.717, 1.165) is 0 Å². The number of nitrogens with one attached hydrogen (secondary N) is 1. The first-order valence-corrected chi connectivity index (χ1v) is 6.38. The predicted octanol–water partition coefficient (Wildman–Crippen LogP) is 0.144. The van der Waals surface area contributed by atoms with E-state index in [1.807, 2.05) is 0 Å². The minimum atomic E-state index is -3.63. The number of esters is 1. The van der Waals surface area contributed by atoms with Gasteiger partial charge in [-0.15, -0.1) is 0 Å². The average molecular weight is 257 g/mol. The maximum absolute atomic E-state index is 11.8. The van der Waals surface area contributed by atoms with Crippen molar-refractivity contribution in [2.75, 3.05) is 20.3 Å². The third-order valence-corrected chi connectivity index (χ3v) is 3.79. The number of benzene rings is 1. The molecule has 1 heterocycles. The highest BCUT2D eigenvalue weighted by atomic mass is 32.2. The van der Waals surface area contributed by atoms with Crippen molar-refractivity contribution in [2.45, 2.75) is 4.90 Å². The van der Waals surface area contributed by atoms with Crippen LogP contribution in [-0.2, 0) is 14.8 Å². The molecule has 7 heteroatoms. The molecule has 0 bridgehead atoms. The van der Waals surface area contributed by atoms with Crippen molar-refractivity contribution in [3.63, 3.8) is 0 Å². The molecular formula is C10H11NO5S. The molecule has 6 nitrogen and oxygen atoms in total. The Morgan fingerprint density at radius 1 is 1.47 bits per heavy atom. The molecule has 2 rings (SSSR count). The molecule has 1 N–H and O–H groups in total. The molecule has 1 aliphatic heterocycles. The molecule has 92 valence electrons. The maximum atomic E-state index is 11.8. The second-order valence-electron chi connectivity index (χ2n) is 3.40. The summed E-state index contributed by atoms with van der Waals surface area (Å²) in [5.74, 6) is -0.352. The highest BCUT2D eigenvalue weighted by molar-refractivity contribution is 7.89. The van der Waals surface area contributed by atoms with E-state index in [0.29, 0.717) is 0 Å². The Kier molecular flexibility index (Phi) is 3.03. The topological polar surface area (TPSA) is 81.7 Å². The van der Waals surface area contributed by atoms with Gasteiger partial charge in [-0.2, -0.15) is 0 Å². The summed E-state index contributed by atoms with van der Waals surface area (Å²) in [4.78, 5) is 11.3. The van der Waals surface area contributed by atoms with Crippen LogP contribution in [0.3, 0.4) is 0 Å². The van der Waals surface area contributed by atoms with Gasteiger partial charge in [-0.3, -0.25) is 0 Å². The van der Waals surface area contributed by atoms with Crippen LogP contribution in [0.4, 0.5) is 0 Å². The molecule has 0 radical (unpaired) electrons. The quantitative estimate of drug-likeness (QED) is 0.724. The zero-order valence-corrected chi connectivity index (χ0v) is 9.91. The second-order valence-corrected chi connectivity index (χ2v) is 5.13. The number of fused-ring (bicyclic) bond motifs is 1. The van der Waals surface area contributed by atoms with Gasteiger partial charge in [0.25, 0.3) is 0 Å². The number of carbonyl (C=O) groups excluding carboxylic acids is 1. The van der Waals surface area contributed by atoms with Gasteiger partial charge < -0.3 is 9.47 Å². The van der Waals surface area contributed by atoms with E-state index in [4.69, 9.17) is 4.74 Å². The van der Waals surface area contributed by atoms with Gasteiger partial charge in [0.1, 0.15) is 17.3 Å². The van der Waals surface area contributed by atoms with Crippen LogP contribution in [0.2, 0.25) is 0 Å². The van der Waals surface area contributed by atoms with Crippen LogP contribution in [0.5, 0.6) is 5.75 Å². The highest BCUT2D eigenvalue weighted by Gasteiger charge is 2.24. The van der Waals surface area contributed by atoms with Crippen LogP contribution in [0.15, 0.2) is 23.1 Å². The molecule has 1 aromatic rings. The molecule has 0 saturated heterocycles. The SMILES string of the molecule is COC(=O)c1ccc2c(c1)S(=O)(=O)NCCO2. The normalized spacial score (nSPS) is 17.5. The summed E-state index contributed by atoms with van der Waals surface area (Å²) < 4.78 is 35.8. The van der Waals surface area contributed by atoms with E-state index in [9.17, 15) is 13.2 Å². The molecule has 1 aromatic carbocycles. The number of rotatable bonds is 1. The van der Waals surface area contributed by atoms with Crippen molar-refractivity contribution in [1.29, 1.82) is 0 Å². The van der Waals surface area contributed by atoms with E-state index in [2.05, 4.69) is 9.46 Å². The molecule has 0 fully saturated rings. The number of hydrogen-bond acceptors (Lipinski definition) is 5. The van der Waals surface area contributed by atoms with Crippen molar-refractivity contribution >= 4 is 16.0 Å². The zero-order valence-electron chi connectivity index (χ0n) is 9.10. The van der Waals surface area contributed by atoms with Crippen molar-refractivity contribution in [3.8, 4) is 5.75 Å². The van der Waals surface area contributed by atoms with E-state index in [1.54, 1.807) is 0 Å². The lowest BCUT2D eigenvalue weighted by Gasteiger charge is -2.07. The summed E-state index contributed by atoms with van der Waals surface area (Å²) in [6.45, 7) is 0.453. The number of sulfonamides is 1. The minimum Gasteiger partial charge on any atom is -0.491 e. The summed E-state index contributed by atoms with van der Waals surface area (Å²) in [5, 5.41) is 0. The minimum absolute atomic E-state index is 0.0436. The van der Waals surface area contributed by atoms with Gasteiger partial charge >= 0.3 is 5.97 Å². The molecule has 17 heavy (non-hydrogen) atoms. The van der Waals surface area contributed by atoms with Crippen molar-refractivity contribution in [1.82, 2.24) is 4.72 Å². The molecule has 0 amide bonds. The van der Waals surface area contributed by atoms with Gasteiger partial charge in [0.2, 0.25) is 10.0 Å². The van der Waals surface area contributed by atoms with Crippen molar-refractivity contribution < 1.29 is 22.7 Å². The van der Waals surface area contributed by atoms with Crippen LogP contribution >= 0.6 is 0 Å². The second kappa shape index (κ2) is 4.34. The molecule has 0 spiro atoms. The highest BCUT2D eigenvalue weighted by Crippen LogP contribution is 2.26. The monoisotopic (exact) mass is 257 g/mol. The van der Waals surface area contributed by atoms with Crippen LogP contribution in [0, 0.1) is 0 Å². The third kappa shape index (κ3) is 2.25. The molecular weight excluding hydrogens is 246 g/mol. The molecule has 0 aromatic heterocycles. The lowest BCUT2D eigenvalue weighted by Crippen LogP contribution is -2.25. The lowest BCUT2D eigenvalue weighted by molar-refractivity contribution is 0.0600. The zero-order chi connectivity index (χ0) is 12.5. The Morgan fingerprint density at radius 2 is 2.24 bits per heavy atom. The fourth-order valence-corrected chi connectivity index (χ4v) is 2.68. The fraction of sp³-hybridized carbons (Fsp3) is 0.300. The molecule has 0 saturated carbocycles. The Labute approximate surface area is 98.6 Å². The van der Waals surface area contributed by atoms with Gasteiger partial charge in [-0.1, -0.05) is 0 Å². The summed E-state index contributed by atoms with van der Waals surface area (Å²) in [7, 11) is -2.39. The van der Waals surface area contributed by atoms with E-state index >= 15 is 0 Å². The first-order chi connectivity index (χ1) is 8.04. The molecule has 1 aliphatic rings. The summed E-state index contributed by atoms with van der Waals surface area (Å²) in [5.41, 5.74) is 0.169. The molecule has 0 atom stereocenters. The maximum Gasteiger partial charge on any atom is 0.337 e. The Hall–Kier alpha value is -1.60. The predicted molar refractivity (Wildman–Crippen MR) is 58.5 cm³/mol. The van der Waals surface area contributed by atoms with Gasteiger partial charge in [-0.05, 0) is 18.2 Å². The van der Waals surface area contributed by atoms with Gasteiger partial charge in [0.15, 0.2) is 0 Å². The van der Waals surface area contributed by atoms with E-state index in [1.165, 1.54) is 25.3 Å². The Bertz CT molecular complexity index is 552. The fourth-order valence-electron chi connectivity index (χ4n) is 1.50. The van der Waals surface area contributed by atoms with Crippen LogP contribution < -0.4 is 9.46 Å². The number of hydrogen-bond donors (Lipinski definition) is 1. The molecule has 0 aliphatic carbocycles. The Morgan fingerprint density at radius 3 is 2.94 bits per heavy atom. The van der Waals surface area contributed by atoms with E-state index in [-0.39, 0.29) is 29.4 Å². The first kappa shape index (κ1) is 11.9. The first-order valence-electron chi connectivity index (χ1n) is 4.89. The summed E-state index contributed by atoms with van der Waals surface area (Å²) >= 11 is 0. The van der Waals surface area contributed by atoms with Crippen LogP contribution in [0.25, 0.3) is 0 Å². The standard InChI is InChI=1S/C10H11NO5S/c1-15-10(12)7-2-3-8-9(6-7)17(13,14)11-4-5-16-8/h2-3,6,11H,4-5H2,1H3. The lowest BCUT2D eigenvalue weighted by atomic mass is 10.2. The molecule has 0 unspecified atom stereocenters. The van der Waals surface area contributed by atoms with Crippen molar-refractivity contribution in [3.05, 3.63) is 23.8 Å². The largest absolute Gasteiger partial charge is 0.491 e. The van der Waals surface area contributed by atoms with Gasteiger partial charge in [-0.25, -0.2) is 17.9 Å². The van der Waals surface area contributed by atoms with Crippen LogP contribution in [-0.4, -0.2) is 34.6 Å². The number of methoxy groups -OCH3 is 1. The summed E-state index contributed by atoms with van der Waals surface area (Å²) in [6, 6.07) is 4.16. The third-order valence-electron chi connectivity index (χ3n) is 2.31. The van der Waals surface area contributed by atoms with Gasteiger partial charge in [0, 0.05) is 6.54 Å². The van der Waals surface area contributed by atoms with E-state index < -0.39 is 16.0 Å². The average Bonchev–Trinajstić information content (AvgIpc) is 2.47. The van der Waals surface area contributed by atoms with Crippen molar-refractivity contribution in [2.24, 2.45) is 0 Å². The Balaban J connectivity index is 2.56. The summed E-state index contributed by atoms with van der Waals surface area (Å²) in [6.07, 6.45) is 0. The number of ether oxygens (including phenoxy) is 2. The number of carbonyl (C=O) groups is 1. The van der Waals surface area contributed by atoms with Gasteiger partial charge in [0.05, 0.1) is 12.7 Å². The van der Waals surface area contributed by atoms with Crippen LogP contribution in [0.1, 0.15) is 10.4 Å².